The van der Waals surface area contributed by atoms with Crippen molar-refractivity contribution in [3.8, 4) is 0 Å². The Morgan fingerprint density at radius 3 is 2.50 bits per heavy atom. The first-order valence-electron chi connectivity index (χ1n) is 7.84. The first-order chi connectivity index (χ1) is 10.2. The zero-order valence-electron chi connectivity index (χ0n) is 13.4. The molecular formula is C17H27ClN2O2. The summed E-state index contributed by atoms with van der Waals surface area (Å²) >= 11 is 0. The van der Waals surface area contributed by atoms with Crippen LogP contribution in [-0.2, 0) is 14.9 Å². The monoisotopic (exact) mass is 326 g/mol. The number of carbonyl (C=O) groups is 1. The van der Waals surface area contributed by atoms with Crippen LogP contribution in [0.25, 0.3) is 0 Å². The van der Waals surface area contributed by atoms with Crippen LogP contribution in [0.3, 0.4) is 0 Å². The highest BCUT2D eigenvalue weighted by Gasteiger charge is 2.41. The lowest BCUT2D eigenvalue weighted by molar-refractivity contribution is -0.130. The van der Waals surface area contributed by atoms with Gasteiger partial charge in [0, 0.05) is 25.8 Å². The van der Waals surface area contributed by atoms with Crippen molar-refractivity contribution < 1.29 is 9.53 Å². The highest BCUT2D eigenvalue weighted by atomic mass is 35.5. The van der Waals surface area contributed by atoms with Gasteiger partial charge in [-0.05, 0) is 31.9 Å². The van der Waals surface area contributed by atoms with Crippen molar-refractivity contribution in [1.82, 2.24) is 10.6 Å². The number of amides is 1. The molecule has 2 rings (SSSR count). The summed E-state index contributed by atoms with van der Waals surface area (Å²) in [6.07, 6.45) is 1.50. The molecule has 4 nitrogen and oxygen atoms in total. The van der Waals surface area contributed by atoms with Crippen molar-refractivity contribution >= 4 is 18.3 Å². The van der Waals surface area contributed by atoms with E-state index in [1.165, 1.54) is 0 Å². The molecule has 124 valence electrons. The maximum absolute atomic E-state index is 12.8. The van der Waals surface area contributed by atoms with E-state index in [1.807, 2.05) is 18.2 Å². The van der Waals surface area contributed by atoms with Gasteiger partial charge in [-0.2, -0.15) is 0 Å². The molecule has 0 unspecified atom stereocenters. The fraction of sp³-hybridized carbons (Fsp3) is 0.588. The minimum Gasteiger partial charge on any atom is -0.381 e. The van der Waals surface area contributed by atoms with Gasteiger partial charge >= 0.3 is 0 Å². The van der Waals surface area contributed by atoms with Crippen molar-refractivity contribution in [2.45, 2.75) is 38.1 Å². The molecule has 1 amide bonds. The summed E-state index contributed by atoms with van der Waals surface area (Å²) in [7, 11) is 0. The number of carbonyl (C=O) groups excluding carboxylic acids is 1. The van der Waals surface area contributed by atoms with Gasteiger partial charge in [0.05, 0.1) is 5.41 Å². The van der Waals surface area contributed by atoms with Gasteiger partial charge in [-0.15, -0.1) is 12.4 Å². The van der Waals surface area contributed by atoms with Gasteiger partial charge in [0.1, 0.15) is 0 Å². The summed E-state index contributed by atoms with van der Waals surface area (Å²) in [6, 6.07) is 10.4. The highest BCUT2D eigenvalue weighted by Crippen LogP contribution is 2.35. The molecule has 1 saturated heterocycles. The van der Waals surface area contributed by atoms with E-state index in [2.05, 4.69) is 36.6 Å². The van der Waals surface area contributed by atoms with E-state index < -0.39 is 5.41 Å². The predicted octanol–water partition coefficient (Wildman–Crippen LogP) is 2.27. The number of hydrogen-bond donors (Lipinski definition) is 2. The standard InChI is InChI=1S/C17H26N2O2.ClH/c1-3-18-14(2)13-19-16(20)17(9-11-21-12-10-17)15-7-5-4-6-8-15;/h4-8,14,18H,3,9-13H2,1-2H3,(H,19,20);1H/t14-;/m1./s1. The van der Waals surface area contributed by atoms with E-state index in [9.17, 15) is 4.79 Å². The lowest BCUT2D eigenvalue weighted by Crippen LogP contribution is -2.50. The molecule has 1 heterocycles. The molecule has 5 heteroatoms. The Hall–Kier alpha value is -1.10. The summed E-state index contributed by atoms with van der Waals surface area (Å²) in [4.78, 5) is 12.8. The van der Waals surface area contributed by atoms with Crippen LogP contribution in [0.1, 0.15) is 32.3 Å². The smallest absolute Gasteiger partial charge is 0.230 e. The van der Waals surface area contributed by atoms with Crippen molar-refractivity contribution in [2.75, 3.05) is 26.3 Å². The summed E-state index contributed by atoms with van der Waals surface area (Å²) in [5, 5.41) is 6.44. The van der Waals surface area contributed by atoms with E-state index in [0.29, 0.717) is 19.8 Å². The molecule has 0 spiro atoms. The van der Waals surface area contributed by atoms with E-state index in [-0.39, 0.29) is 24.4 Å². The molecule has 0 bridgehead atoms. The second kappa shape index (κ2) is 9.13. The topological polar surface area (TPSA) is 50.4 Å². The van der Waals surface area contributed by atoms with Crippen LogP contribution in [0.5, 0.6) is 0 Å². The minimum absolute atomic E-state index is 0. The zero-order valence-corrected chi connectivity index (χ0v) is 14.2. The number of rotatable bonds is 6. The molecule has 22 heavy (non-hydrogen) atoms. The highest BCUT2D eigenvalue weighted by molar-refractivity contribution is 5.88. The average Bonchev–Trinajstić information content (AvgIpc) is 2.54. The minimum atomic E-state index is -0.439. The van der Waals surface area contributed by atoms with Gasteiger partial charge in [0.25, 0.3) is 0 Å². The number of likely N-dealkylation sites (N-methyl/N-ethyl adjacent to an activating group) is 1. The van der Waals surface area contributed by atoms with Gasteiger partial charge < -0.3 is 15.4 Å². The second-order valence-electron chi connectivity index (χ2n) is 5.73. The largest absolute Gasteiger partial charge is 0.381 e. The maximum atomic E-state index is 12.8. The van der Waals surface area contributed by atoms with Crippen LogP contribution in [0, 0.1) is 0 Å². The molecule has 1 atom stereocenters. The molecule has 1 fully saturated rings. The van der Waals surface area contributed by atoms with Gasteiger partial charge in [0.2, 0.25) is 5.91 Å². The molecule has 0 aliphatic carbocycles. The third-order valence-corrected chi connectivity index (χ3v) is 4.23. The van der Waals surface area contributed by atoms with Crippen LogP contribution in [0.2, 0.25) is 0 Å². The average molecular weight is 327 g/mol. The molecule has 1 aromatic rings. The summed E-state index contributed by atoms with van der Waals surface area (Å²) in [5.74, 6) is 0.127. The number of hydrogen-bond acceptors (Lipinski definition) is 3. The van der Waals surface area contributed by atoms with E-state index in [1.54, 1.807) is 0 Å². The van der Waals surface area contributed by atoms with Crippen LogP contribution in [0.15, 0.2) is 30.3 Å². The summed E-state index contributed by atoms with van der Waals surface area (Å²) < 4.78 is 5.47. The van der Waals surface area contributed by atoms with Gasteiger partial charge in [0.15, 0.2) is 0 Å². The van der Waals surface area contributed by atoms with E-state index in [4.69, 9.17) is 4.74 Å². The molecule has 0 aromatic heterocycles. The molecule has 2 N–H and O–H groups in total. The molecule has 1 aliphatic rings. The Morgan fingerprint density at radius 2 is 1.91 bits per heavy atom. The predicted molar refractivity (Wildman–Crippen MR) is 91.6 cm³/mol. The van der Waals surface area contributed by atoms with Crippen molar-refractivity contribution in [1.29, 1.82) is 0 Å². The van der Waals surface area contributed by atoms with Gasteiger partial charge in [-0.25, -0.2) is 0 Å². The molecule has 0 radical (unpaired) electrons. The Balaban J connectivity index is 0.00000242. The lowest BCUT2D eigenvalue weighted by Gasteiger charge is -2.36. The number of benzene rings is 1. The molecular weight excluding hydrogens is 300 g/mol. The quantitative estimate of drug-likeness (QED) is 0.843. The Labute approximate surface area is 139 Å². The third kappa shape index (κ3) is 4.45. The fourth-order valence-corrected chi connectivity index (χ4v) is 2.96. The van der Waals surface area contributed by atoms with E-state index >= 15 is 0 Å². The van der Waals surface area contributed by atoms with Crippen molar-refractivity contribution in [3.05, 3.63) is 35.9 Å². The second-order valence-corrected chi connectivity index (χ2v) is 5.73. The lowest BCUT2D eigenvalue weighted by atomic mass is 9.73. The molecule has 0 saturated carbocycles. The number of halogens is 1. The number of ether oxygens (including phenoxy) is 1. The number of nitrogens with one attached hydrogen (secondary N) is 2. The third-order valence-electron chi connectivity index (χ3n) is 4.23. The summed E-state index contributed by atoms with van der Waals surface area (Å²) in [6.45, 7) is 7.01. The SMILES string of the molecule is CCN[C@H](C)CNC(=O)C1(c2ccccc2)CCOCC1.Cl. The molecule has 1 aliphatic heterocycles. The maximum Gasteiger partial charge on any atom is 0.230 e. The van der Waals surface area contributed by atoms with Gasteiger partial charge in [-0.1, -0.05) is 37.3 Å². The summed E-state index contributed by atoms with van der Waals surface area (Å²) in [5.41, 5.74) is 0.660. The van der Waals surface area contributed by atoms with Crippen molar-refractivity contribution in [3.63, 3.8) is 0 Å². The Kier molecular flexibility index (Phi) is 7.87. The zero-order chi connectivity index (χ0) is 15.1. The normalized spacial score (nSPS) is 18.1. The van der Waals surface area contributed by atoms with Crippen LogP contribution in [-0.4, -0.2) is 38.3 Å². The molecule has 1 aromatic carbocycles. The van der Waals surface area contributed by atoms with Crippen LogP contribution >= 0.6 is 12.4 Å². The first-order valence-corrected chi connectivity index (χ1v) is 7.84. The Bertz CT molecular complexity index is 447. The van der Waals surface area contributed by atoms with Crippen molar-refractivity contribution in [2.24, 2.45) is 0 Å². The van der Waals surface area contributed by atoms with E-state index in [0.717, 1.165) is 24.9 Å². The Morgan fingerprint density at radius 1 is 1.27 bits per heavy atom. The first kappa shape index (κ1) is 18.9. The van der Waals surface area contributed by atoms with Crippen LogP contribution in [0.4, 0.5) is 0 Å². The van der Waals surface area contributed by atoms with Crippen LogP contribution < -0.4 is 10.6 Å². The van der Waals surface area contributed by atoms with Gasteiger partial charge in [-0.3, -0.25) is 4.79 Å². The fourth-order valence-electron chi connectivity index (χ4n) is 2.96.